The number of ether oxygens (including phenoxy) is 1. The second-order valence-electron chi connectivity index (χ2n) is 4.21. The van der Waals surface area contributed by atoms with Crippen LogP contribution in [0.15, 0.2) is 42.6 Å². The summed E-state index contributed by atoms with van der Waals surface area (Å²) in [6.07, 6.45) is 1.63. The molecule has 0 bridgehead atoms. The molecule has 1 aromatic carbocycles. The van der Waals surface area contributed by atoms with Gasteiger partial charge in [-0.1, -0.05) is 32.0 Å². The molecule has 88 valence electrons. The standard InChI is InChI=1S/C14H16N2O/c1-10(2)12-5-3-4-6-13(12)17-11-7-8-14(15)16-9-11/h3-10H,1-2H3,(H2,15,16). The van der Waals surface area contributed by atoms with Crippen molar-refractivity contribution >= 4 is 5.82 Å². The SMILES string of the molecule is CC(C)c1ccccc1Oc1ccc(N)nc1. The van der Waals surface area contributed by atoms with Crippen LogP contribution >= 0.6 is 0 Å². The Morgan fingerprint density at radius 1 is 1.12 bits per heavy atom. The molecule has 1 aromatic heterocycles. The van der Waals surface area contributed by atoms with Gasteiger partial charge in [0.2, 0.25) is 0 Å². The van der Waals surface area contributed by atoms with Gasteiger partial charge in [-0.05, 0) is 29.7 Å². The van der Waals surface area contributed by atoms with E-state index in [2.05, 4.69) is 24.9 Å². The van der Waals surface area contributed by atoms with Crippen molar-refractivity contribution in [1.82, 2.24) is 4.98 Å². The van der Waals surface area contributed by atoms with Crippen LogP contribution in [0.5, 0.6) is 11.5 Å². The van der Waals surface area contributed by atoms with Crippen molar-refractivity contribution in [3.63, 3.8) is 0 Å². The van der Waals surface area contributed by atoms with E-state index >= 15 is 0 Å². The van der Waals surface area contributed by atoms with E-state index < -0.39 is 0 Å². The van der Waals surface area contributed by atoms with Crippen LogP contribution in [0.4, 0.5) is 5.82 Å². The van der Waals surface area contributed by atoms with E-state index in [0.717, 1.165) is 5.75 Å². The molecule has 3 nitrogen and oxygen atoms in total. The van der Waals surface area contributed by atoms with E-state index in [0.29, 0.717) is 17.5 Å². The van der Waals surface area contributed by atoms with Crippen LogP contribution in [0.2, 0.25) is 0 Å². The van der Waals surface area contributed by atoms with Gasteiger partial charge in [0.1, 0.15) is 17.3 Å². The number of hydrogen-bond acceptors (Lipinski definition) is 3. The lowest BCUT2D eigenvalue weighted by Crippen LogP contribution is -1.94. The Labute approximate surface area is 101 Å². The molecule has 0 fully saturated rings. The Balaban J connectivity index is 2.26. The topological polar surface area (TPSA) is 48.1 Å². The Hall–Kier alpha value is -2.03. The van der Waals surface area contributed by atoms with Crippen LogP contribution in [0.25, 0.3) is 0 Å². The van der Waals surface area contributed by atoms with E-state index in [1.54, 1.807) is 12.3 Å². The van der Waals surface area contributed by atoms with Crippen LogP contribution in [0, 0.1) is 0 Å². The van der Waals surface area contributed by atoms with Gasteiger partial charge in [-0.15, -0.1) is 0 Å². The lowest BCUT2D eigenvalue weighted by atomic mass is 10.0. The average Bonchev–Trinajstić information content (AvgIpc) is 2.32. The Morgan fingerprint density at radius 3 is 2.53 bits per heavy atom. The number of aromatic nitrogens is 1. The summed E-state index contributed by atoms with van der Waals surface area (Å²) < 4.78 is 5.81. The average molecular weight is 228 g/mol. The highest BCUT2D eigenvalue weighted by Crippen LogP contribution is 2.29. The van der Waals surface area contributed by atoms with Gasteiger partial charge >= 0.3 is 0 Å². The summed E-state index contributed by atoms with van der Waals surface area (Å²) in [6.45, 7) is 4.28. The van der Waals surface area contributed by atoms with Crippen molar-refractivity contribution in [3.8, 4) is 11.5 Å². The third kappa shape index (κ3) is 2.75. The molecule has 0 aliphatic rings. The number of anilines is 1. The Morgan fingerprint density at radius 2 is 1.88 bits per heavy atom. The highest BCUT2D eigenvalue weighted by Gasteiger charge is 2.07. The van der Waals surface area contributed by atoms with Gasteiger partial charge in [-0.2, -0.15) is 0 Å². The van der Waals surface area contributed by atoms with Gasteiger partial charge in [0, 0.05) is 0 Å². The van der Waals surface area contributed by atoms with Gasteiger partial charge in [-0.3, -0.25) is 0 Å². The van der Waals surface area contributed by atoms with E-state index in [1.165, 1.54) is 5.56 Å². The number of nitrogens with two attached hydrogens (primary N) is 1. The summed E-state index contributed by atoms with van der Waals surface area (Å²) in [5.41, 5.74) is 6.72. The fourth-order valence-corrected chi connectivity index (χ4v) is 1.63. The van der Waals surface area contributed by atoms with Crippen molar-refractivity contribution in [1.29, 1.82) is 0 Å². The number of benzene rings is 1. The number of nitrogen functional groups attached to an aromatic ring is 1. The van der Waals surface area contributed by atoms with E-state index in [1.807, 2.05) is 24.3 Å². The van der Waals surface area contributed by atoms with Crippen molar-refractivity contribution in [3.05, 3.63) is 48.2 Å². The number of hydrogen-bond donors (Lipinski definition) is 1. The zero-order valence-electron chi connectivity index (χ0n) is 10.1. The largest absolute Gasteiger partial charge is 0.455 e. The quantitative estimate of drug-likeness (QED) is 0.873. The van der Waals surface area contributed by atoms with Gasteiger partial charge in [-0.25, -0.2) is 4.98 Å². The summed E-state index contributed by atoms with van der Waals surface area (Å²) in [7, 11) is 0. The highest BCUT2D eigenvalue weighted by molar-refractivity contribution is 5.40. The summed E-state index contributed by atoms with van der Waals surface area (Å²) in [5.74, 6) is 2.49. The van der Waals surface area contributed by atoms with Crippen LogP contribution < -0.4 is 10.5 Å². The molecule has 2 N–H and O–H groups in total. The number of rotatable bonds is 3. The van der Waals surface area contributed by atoms with E-state index in [4.69, 9.17) is 10.5 Å². The van der Waals surface area contributed by atoms with Crippen LogP contribution in [-0.2, 0) is 0 Å². The molecule has 0 saturated carbocycles. The molecule has 0 saturated heterocycles. The molecule has 2 rings (SSSR count). The van der Waals surface area contributed by atoms with Crippen molar-refractivity contribution in [2.75, 3.05) is 5.73 Å². The second-order valence-corrected chi connectivity index (χ2v) is 4.21. The fraction of sp³-hybridized carbons (Fsp3) is 0.214. The van der Waals surface area contributed by atoms with Gasteiger partial charge in [0.15, 0.2) is 0 Å². The molecule has 2 aromatic rings. The van der Waals surface area contributed by atoms with E-state index in [-0.39, 0.29) is 0 Å². The summed E-state index contributed by atoms with van der Waals surface area (Å²) in [5, 5.41) is 0. The first-order chi connectivity index (χ1) is 8.16. The van der Waals surface area contributed by atoms with Crippen LogP contribution in [0.1, 0.15) is 25.3 Å². The van der Waals surface area contributed by atoms with Crippen molar-refractivity contribution < 1.29 is 4.74 Å². The van der Waals surface area contributed by atoms with Gasteiger partial charge in [0.25, 0.3) is 0 Å². The van der Waals surface area contributed by atoms with Crippen molar-refractivity contribution in [2.45, 2.75) is 19.8 Å². The molecule has 0 aliphatic carbocycles. The molecule has 0 atom stereocenters. The maximum Gasteiger partial charge on any atom is 0.145 e. The third-order valence-electron chi connectivity index (χ3n) is 2.53. The summed E-state index contributed by atoms with van der Waals surface area (Å²) >= 11 is 0. The third-order valence-corrected chi connectivity index (χ3v) is 2.53. The molecule has 0 unspecified atom stereocenters. The second kappa shape index (κ2) is 4.87. The number of nitrogens with zero attached hydrogens (tertiary/aromatic N) is 1. The molecule has 0 aliphatic heterocycles. The predicted octanol–water partition coefficient (Wildman–Crippen LogP) is 3.58. The van der Waals surface area contributed by atoms with E-state index in [9.17, 15) is 0 Å². The maximum atomic E-state index is 5.81. The molecule has 17 heavy (non-hydrogen) atoms. The van der Waals surface area contributed by atoms with Gasteiger partial charge in [0.05, 0.1) is 6.20 Å². The lowest BCUT2D eigenvalue weighted by molar-refractivity contribution is 0.471. The molecule has 1 heterocycles. The smallest absolute Gasteiger partial charge is 0.145 e. The first-order valence-corrected chi connectivity index (χ1v) is 5.65. The first kappa shape index (κ1) is 11.5. The van der Waals surface area contributed by atoms with Crippen molar-refractivity contribution in [2.24, 2.45) is 0 Å². The predicted molar refractivity (Wildman–Crippen MR) is 69.3 cm³/mol. The summed E-state index contributed by atoms with van der Waals surface area (Å²) in [6, 6.07) is 11.6. The molecule has 0 radical (unpaired) electrons. The minimum absolute atomic E-state index is 0.424. The fourth-order valence-electron chi connectivity index (χ4n) is 1.63. The van der Waals surface area contributed by atoms with Gasteiger partial charge < -0.3 is 10.5 Å². The highest BCUT2D eigenvalue weighted by atomic mass is 16.5. The monoisotopic (exact) mass is 228 g/mol. The molecular weight excluding hydrogens is 212 g/mol. The lowest BCUT2D eigenvalue weighted by Gasteiger charge is -2.13. The van der Waals surface area contributed by atoms with Crippen LogP contribution in [0.3, 0.4) is 0 Å². The summed E-state index contributed by atoms with van der Waals surface area (Å²) in [4.78, 5) is 4.00. The first-order valence-electron chi connectivity index (χ1n) is 5.65. The number of pyridine rings is 1. The zero-order valence-corrected chi connectivity index (χ0v) is 10.1. The zero-order chi connectivity index (χ0) is 12.3. The molecule has 0 amide bonds. The Kier molecular flexibility index (Phi) is 3.28. The maximum absolute atomic E-state index is 5.81. The number of para-hydroxylation sites is 1. The minimum atomic E-state index is 0.424. The molecule has 0 spiro atoms. The Bertz CT molecular complexity index is 492. The minimum Gasteiger partial charge on any atom is -0.455 e. The molecular formula is C14H16N2O. The molecule has 3 heteroatoms. The normalized spacial score (nSPS) is 10.5. The van der Waals surface area contributed by atoms with Crippen LogP contribution in [-0.4, -0.2) is 4.98 Å².